The monoisotopic (exact) mass is 372 g/mol. The van der Waals surface area contributed by atoms with E-state index in [2.05, 4.69) is 33.6 Å². The van der Waals surface area contributed by atoms with Crippen LogP contribution in [0.3, 0.4) is 0 Å². The Bertz CT molecular complexity index is 1020. The van der Waals surface area contributed by atoms with Gasteiger partial charge in [-0.25, -0.2) is 0 Å². The van der Waals surface area contributed by atoms with Crippen LogP contribution in [0.25, 0.3) is 11.1 Å². The number of aromatic nitrogens is 3. The van der Waals surface area contributed by atoms with Crippen molar-refractivity contribution in [2.24, 2.45) is 0 Å². The van der Waals surface area contributed by atoms with Crippen LogP contribution >= 0.6 is 11.8 Å². The van der Waals surface area contributed by atoms with Gasteiger partial charge in [-0.3, -0.25) is 0 Å². The van der Waals surface area contributed by atoms with Gasteiger partial charge in [0.1, 0.15) is 11.5 Å². The van der Waals surface area contributed by atoms with E-state index in [1.807, 2.05) is 48.5 Å². The molecular formula is C21H16N4OS. The Morgan fingerprint density at radius 2 is 1.48 bits per heavy atom. The number of nitrogen functional groups attached to an aromatic ring is 1. The van der Waals surface area contributed by atoms with Crippen molar-refractivity contribution in [2.75, 3.05) is 5.73 Å². The number of hydrogen-bond acceptors (Lipinski definition) is 6. The van der Waals surface area contributed by atoms with Gasteiger partial charge in [0.25, 0.3) is 0 Å². The van der Waals surface area contributed by atoms with Crippen molar-refractivity contribution in [2.45, 2.75) is 9.79 Å². The highest BCUT2D eigenvalue weighted by Gasteiger charge is 2.22. The van der Waals surface area contributed by atoms with Gasteiger partial charge in [0, 0.05) is 11.3 Å². The number of nitrogens with zero attached hydrogens (tertiary/aromatic N) is 3. The zero-order valence-electron chi connectivity index (χ0n) is 14.3. The molecule has 2 heterocycles. The van der Waals surface area contributed by atoms with Gasteiger partial charge < -0.3 is 10.5 Å². The smallest absolute Gasteiger partial charge is 0.142 e. The summed E-state index contributed by atoms with van der Waals surface area (Å²) in [6, 6.07) is 23.9. The third-order valence-electron chi connectivity index (χ3n) is 3.91. The number of fused-ring (bicyclic) bond motifs is 2. The van der Waals surface area contributed by atoms with E-state index in [9.17, 15) is 0 Å². The first-order chi connectivity index (χ1) is 13.3. The van der Waals surface area contributed by atoms with Gasteiger partial charge in [0.15, 0.2) is 0 Å². The molecule has 1 aliphatic heterocycles. The van der Waals surface area contributed by atoms with Crippen molar-refractivity contribution < 1.29 is 4.74 Å². The average molecular weight is 372 g/mol. The summed E-state index contributed by atoms with van der Waals surface area (Å²) >= 11 is 1.71. The number of benzene rings is 3. The van der Waals surface area contributed by atoms with Crippen LogP contribution < -0.4 is 10.5 Å². The van der Waals surface area contributed by atoms with Crippen LogP contribution in [0.4, 0.5) is 5.69 Å². The zero-order chi connectivity index (χ0) is 18.5. The Morgan fingerprint density at radius 1 is 0.741 bits per heavy atom. The van der Waals surface area contributed by atoms with Crippen LogP contribution in [0.5, 0.6) is 11.5 Å². The van der Waals surface area contributed by atoms with Crippen molar-refractivity contribution >= 4 is 17.4 Å². The summed E-state index contributed by atoms with van der Waals surface area (Å²) in [4.78, 5) is 2.20. The molecule has 1 aromatic heterocycles. The Kier molecular flexibility index (Phi) is 4.98. The summed E-state index contributed by atoms with van der Waals surface area (Å²) in [5, 5.41) is 10.1. The van der Waals surface area contributed by atoms with Crippen molar-refractivity contribution in [1.82, 2.24) is 15.4 Å². The molecule has 0 amide bonds. The lowest BCUT2D eigenvalue weighted by Gasteiger charge is -2.23. The highest BCUT2D eigenvalue weighted by Crippen LogP contribution is 2.52. The van der Waals surface area contributed by atoms with E-state index in [4.69, 9.17) is 10.5 Å². The molecule has 6 heteroatoms. The highest BCUT2D eigenvalue weighted by molar-refractivity contribution is 7.99. The van der Waals surface area contributed by atoms with Crippen molar-refractivity contribution in [3.8, 4) is 22.6 Å². The lowest BCUT2D eigenvalue weighted by Crippen LogP contribution is -1.99. The van der Waals surface area contributed by atoms with Crippen LogP contribution in [0.1, 0.15) is 0 Å². The second-order valence-electron chi connectivity index (χ2n) is 5.68. The predicted octanol–water partition coefficient (Wildman–Crippen LogP) is 5.06. The number of rotatable bonds is 1. The molecular weight excluding hydrogens is 356 g/mol. The van der Waals surface area contributed by atoms with E-state index in [1.165, 1.54) is 0 Å². The van der Waals surface area contributed by atoms with Crippen LogP contribution in [0.2, 0.25) is 0 Å². The number of anilines is 1. The van der Waals surface area contributed by atoms with E-state index in [0.717, 1.165) is 38.1 Å². The van der Waals surface area contributed by atoms with Gasteiger partial charge in [0.05, 0.1) is 22.2 Å². The quantitative estimate of drug-likeness (QED) is 0.414. The van der Waals surface area contributed by atoms with Crippen LogP contribution in [0, 0.1) is 0 Å². The Morgan fingerprint density at radius 3 is 2.19 bits per heavy atom. The Labute approximate surface area is 161 Å². The molecule has 0 fully saturated rings. The third kappa shape index (κ3) is 3.75. The van der Waals surface area contributed by atoms with Crippen LogP contribution in [0.15, 0.2) is 95.0 Å². The van der Waals surface area contributed by atoms with Crippen molar-refractivity contribution in [3.63, 3.8) is 0 Å². The van der Waals surface area contributed by atoms with Crippen molar-refractivity contribution in [1.29, 1.82) is 0 Å². The summed E-state index contributed by atoms with van der Waals surface area (Å²) in [5.41, 5.74) is 9.16. The van der Waals surface area contributed by atoms with Crippen LogP contribution in [-0.2, 0) is 0 Å². The minimum absolute atomic E-state index is 0.774. The molecule has 0 spiro atoms. The fraction of sp³-hybridized carbons (Fsp3) is 0. The molecule has 2 N–H and O–H groups in total. The van der Waals surface area contributed by atoms with E-state index in [0.29, 0.717) is 0 Å². The molecule has 5 nitrogen and oxygen atoms in total. The molecule has 0 aliphatic carbocycles. The first kappa shape index (κ1) is 17.1. The fourth-order valence-electron chi connectivity index (χ4n) is 2.72. The lowest BCUT2D eigenvalue weighted by molar-refractivity contribution is 0.455. The summed E-state index contributed by atoms with van der Waals surface area (Å²) in [6.07, 6.45) is 3.15. The Hall–Kier alpha value is -3.38. The average Bonchev–Trinajstić information content (AvgIpc) is 2.75. The maximum Gasteiger partial charge on any atom is 0.142 e. The zero-order valence-corrected chi connectivity index (χ0v) is 15.1. The normalized spacial score (nSPS) is 11.3. The van der Waals surface area contributed by atoms with Crippen LogP contribution in [-0.4, -0.2) is 15.4 Å². The van der Waals surface area contributed by atoms with Crippen molar-refractivity contribution in [3.05, 3.63) is 85.2 Å². The van der Waals surface area contributed by atoms with E-state index in [1.54, 1.807) is 30.2 Å². The first-order valence-electron chi connectivity index (χ1n) is 8.34. The molecule has 0 radical (unpaired) electrons. The second kappa shape index (κ2) is 7.88. The molecule has 5 rings (SSSR count). The van der Waals surface area contributed by atoms with Gasteiger partial charge >= 0.3 is 0 Å². The molecule has 0 bridgehead atoms. The molecule has 27 heavy (non-hydrogen) atoms. The SMILES string of the molecule is Nc1ccc2c(c1-c1ccccc1)Sc1ccccc1O2.c1cnnnc1. The fourth-order valence-corrected chi connectivity index (χ4v) is 3.84. The summed E-state index contributed by atoms with van der Waals surface area (Å²) in [5.74, 6) is 1.77. The third-order valence-corrected chi connectivity index (χ3v) is 5.07. The number of nitrogens with two attached hydrogens (primary N) is 1. The van der Waals surface area contributed by atoms with E-state index < -0.39 is 0 Å². The van der Waals surface area contributed by atoms with Gasteiger partial charge in [-0.2, -0.15) is 0 Å². The summed E-state index contributed by atoms with van der Waals surface area (Å²) < 4.78 is 6.02. The maximum atomic E-state index is 6.23. The van der Waals surface area contributed by atoms with E-state index >= 15 is 0 Å². The minimum atomic E-state index is 0.774. The minimum Gasteiger partial charge on any atom is -0.455 e. The Balaban J connectivity index is 0.000000257. The van der Waals surface area contributed by atoms with Gasteiger partial charge in [-0.1, -0.05) is 54.2 Å². The first-order valence-corrected chi connectivity index (χ1v) is 9.15. The maximum absolute atomic E-state index is 6.23. The summed E-state index contributed by atoms with van der Waals surface area (Å²) in [6.45, 7) is 0. The summed E-state index contributed by atoms with van der Waals surface area (Å²) in [7, 11) is 0. The number of hydrogen-bond donors (Lipinski definition) is 1. The molecule has 0 atom stereocenters. The van der Waals surface area contributed by atoms with Gasteiger partial charge in [-0.15, -0.1) is 10.2 Å². The largest absolute Gasteiger partial charge is 0.455 e. The van der Waals surface area contributed by atoms with Gasteiger partial charge in [-0.05, 0) is 41.1 Å². The molecule has 132 valence electrons. The molecule has 0 saturated carbocycles. The molecule has 0 saturated heterocycles. The standard InChI is InChI=1S/C18H13NOS.C3H3N3/c19-13-10-11-15-18(17(13)12-6-2-1-3-7-12)21-16-9-5-4-8-14(16)20-15;1-2-4-6-5-3-1/h1-11H,19H2;1-3H. The van der Waals surface area contributed by atoms with E-state index in [-0.39, 0.29) is 0 Å². The molecule has 0 unspecified atom stereocenters. The topological polar surface area (TPSA) is 73.9 Å². The second-order valence-corrected chi connectivity index (χ2v) is 6.74. The number of para-hydroxylation sites is 1. The predicted molar refractivity (Wildman–Crippen MR) is 107 cm³/mol. The molecule has 4 aromatic rings. The molecule has 1 aliphatic rings. The molecule has 3 aromatic carbocycles. The number of ether oxygens (including phenoxy) is 1. The highest BCUT2D eigenvalue weighted by atomic mass is 32.2. The lowest BCUT2D eigenvalue weighted by atomic mass is 10.0. The van der Waals surface area contributed by atoms with Gasteiger partial charge in [0.2, 0.25) is 0 Å².